The molecule has 0 spiro atoms. The lowest BCUT2D eigenvalue weighted by Crippen LogP contribution is -2.35. The van der Waals surface area contributed by atoms with Crippen molar-refractivity contribution in [2.24, 2.45) is 0 Å². The standard InChI is InChI=1S/C20H25N3O2S/c1-13-15(20(24)25-2)9-10-18(21-13)23-11-5-6-14(12-23)19-22-16-7-3-4-8-17(16)26-19/h9-10,14H,3-8,11-12H2,1-2H3. The Bertz CT molecular complexity index is 794. The predicted molar refractivity (Wildman–Crippen MR) is 103 cm³/mol. The minimum Gasteiger partial charge on any atom is -0.465 e. The number of esters is 1. The van der Waals surface area contributed by atoms with Crippen molar-refractivity contribution in [3.8, 4) is 0 Å². The van der Waals surface area contributed by atoms with Gasteiger partial charge in [-0.25, -0.2) is 14.8 Å². The van der Waals surface area contributed by atoms with Gasteiger partial charge in [0.1, 0.15) is 5.82 Å². The van der Waals surface area contributed by atoms with E-state index < -0.39 is 0 Å². The van der Waals surface area contributed by atoms with Gasteiger partial charge in [-0.3, -0.25) is 0 Å². The highest BCUT2D eigenvalue weighted by molar-refractivity contribution is 7.11. The number of rotatable bonds is 3. The van der Waals surface area contributed by atoms with Gasteiger partial charge in [-0.15, -0.1) is 11.3 Å². The molecular weight excluding hydrogens is 346 g/mol. The van der Waals surface area contributed by atoms with Crippen molar-refractivity contribution in [1.29, 1.82) is 0 Å². The number of aryl methyl sites for hydroxylation is 3. The van der Waals surface area contributed by atoms with Crippen LogP contribution >= 0.6 is 11.3 Å². The molecule has 1 aliphatic carbocycles. The number of aromatic nitrogens is 2. The van der Waals surface area contributed by atoms with Crippen LogP contribution in [0.4, 0.5) is 5.82 Å². The lowest BCUT2D eigenvalue weighted by atomic mass is 9.98. The van der Waals surface area contributed by atoms with Crippen LogP contribution in [0.1, 0.15) is 63.2 Å². The Morgan fingerprint density at radius 3 is 2.85 bits per heavy atom. The summed E-state index contributed by atoms with van der Waals surface area (Å²) in [5, 5.41) is 1.31. The first-order valence-electron chi connectivity index (χ1n) is 9.45. The van der Waals surface area contributed by atoms with E-state index in [1.54, 1.807) is 0 Å². The second-order valence-electron chi connectivity index (χ2n) is 7.21. The predicted octanol–water partition coefficient (Wildman–Crippen LogP) is 3.90. The van der Waals surface area contributed by atoms with Gasteiger partial charge in [-0.2, -0.15) is 0 Å². The van der Waals surface area contributed by atoms with Crippen LogP contribution in [0.15, 0.2) is 12.1 Å². The maximum atomic E-state index is 11.8. The zero-order valence-electron chi connectivity index (χ0n) is 15.5. The maximum absolute atomic E-state index is 11.8. The van der Waals surface area contributed by atoms with Gasteiger partial charge >= 0.3 is 5.97 Å². The number of fused-ring (bicyclic) bond motifs is 1. The first kappa shape index (κ1) is 17.5. The molecule has 1 aliphatic heterocycles. The third-order valence-corrected chi connectivity index (χ3v) is 6.75. The average molecular weight is 372 g/mol. The molecule has 1 unspecified atom stereocenters. The zero-order chi connectivity index (χ0) is 18.1. The van der Waals surface area contributed by atoms with E-state index in [9.17, 15) is 4.79 Å². The minimum atomic E-state index is -0.327. The first-order valence-corrected chi connectivity index (χ1v) is 10.3. The fraction of sp³-hybridized carbons (Fsp3) is 0.550. The molecule has 2 aliphatic rings. The molecule has 0 saturated carbocycles. The van der Waals surface area contributed by atoms with Crippen LogP contribution in [0.5, 0.6) is 0 Å². The van der Waals surface area contributed by atoms with E-state index in [1.807, 2.05) is 30.4 Å². The number of piperidine rings is 1. The van der Waals surface area contributed by atoms with Crippen LogP contribution in [0.3, 0.4) is 0 Å². The Balaban J connectivity index is 1.52. The molecule has 1 saturated heterocycles. The summed E-state index contributed by atoms with van der Waals surface area (Å²) in [6, 6.07) is 3.77. The normalized spacial score (nSPS) is 19.9. The third kappa shape index (κ3) is 3.34. The van der Waals surface area contributed by atoms with Crippen molar-refractivity contribution in [2.45, 2.75) is 51.4 Å². The summed E-state index contributed by atoms with van der Waals surface area (Å²) in [6.07, 6.45) is 7.29. The van der Waals surface area contributed by atoms with E-state index in [0.717, 1.165) is 37.4 Å². The SMILES string of the molecule is COC(=O)c1ccc(N2CCCC(c3nc4c(s3)CCCC4)C2)nc1C. The molecule has 26 heavy (non-hydrogen) atoms. The molecule has 1 atom stereocenters. The van der Waals surface area contributed by atoms with Crippen LogP contribution in [0, 0.1) is 6.92 Å². The van der Waals surface area contributed by atoms with E-state index in [-0.39, 0.29) is 5.97 Å². The molecule has 6 heteroatoms. The molecular formula is C20H25N3O2S. The number of ether oxygens (including phenoxy) is 1. The van der Waals surface area contributed by atoms with Gasteiger partial charge in [-0.05, 0) is 57.6 Å². The van der Waals surface area contributed by atoms with Crippen molar-refractivity contribution in [3.05, 3.63) is 39.0 Å². The fourth-order valence-corrected chi connectivity index (χ4v) is 5.26. The molecule has 0 bridgehead atoms. The lowest BCUT2D eigenvalue weighted by molar-refractivity contribution is 0.0599. The summed E-state index contributed by atoms with van der Waals surface area (Å²) in [6.45, 7) is 3.83. The number of hydrogen-bond donors (Lipinski definition) is 0. The van der Waals surface area contributed by atoms with E-state index >= 15 is 0 Å². The summed E-state index contributed by atoms with van der Waals surface area (Å²) >= 11 is 1.93. The van der Waals surface area contributed by atoms with E-state index in [4.69, 9.17) is 9.72 Å². The Labute approximate surface area is 158 Å². The number of pyridine rings is 1. The summed E-state index contributed by atoms with van der Waals surface area (Å²) in [4.78, 5) is 25.3. The second-order valence-corrected chi connectivity index (χ2v) is 8.32. The molecule has 2 aromatic heterocycles. The topological polar surface area (TPSA) is 55.3 Å². The minimum absolute atomic E-state index is 0.327. The van der Waals surface area contributed by atoms with E-state index in [0.29, 0.717) is 11.5 Å². The number of hydrogen-bond acceptors (Lipinski definition) is 6. The number of methoxy groups -OCH3 is 1. The third-order valence-electron chi connectivity index (χ3n) is 5.43. The number of nitrogens with zero attached hydrogens (tertiary/aromatic N) is 3. The molecule has 0 aromatic carbocycles. The van der Waals surface area contributed by atoms with Gasteiger partial charge < -0.3 is 9.64 Å². The molecule has 3 heterocycles. The highest BCUT2D eigenvalue weighted by atomic mass is 32.1. The van der Waals surface area contributed by atoms with Crippen LogP contribution in [0.25, 0.3) is 0 Å². The Morgan fingerprint density at radius 1 is 1.23 bits per heavy atom. The number of carbonyl (C=O) groups excluding carboxylic acids is 1. The molecule has 5 nitrogen and oxygen atoms in total. The fourth-order valence-electron chi connectivity index (χ4n) is 3.98. The van der Waals surface area contributed by atoms with Gasteiger partial charge in [0.05, 0.1) is 29.1 Å². The highest BCUT2D eigenvalue weighted by Crippen LogP contribution is 2.35. The first-order chi connectivity index (χ1) is 12.7. The molecule has 0 radical (unpaired) electrons. The molecule has 0 N–H and O–H groups in total. The van der Waals surface area contributed by atoms with Crippen LogP contribution < -0.4 is 4.90 Å². The van der Waals surface area contributed by atoms with Gasteiger partial charge in [0, 0.05) is 23.9 Å². The van der Waals surface area contributed by atoms with Gasteiger partial charge in [0.15, 0.2) is 0 Å². The van der Waals surface area contributed by atoms with Gasteiger partial charge in [0.25, 0.3) is 0 Å². The summed E-state index contributed by atoms with van der Waals surface area (Å²) < 4.78 is 4.82. The largest absolute Gasteiger partial charge is 0.465 e. The number of thiazole rings is 1. The van der Waals surface area contributed by atoms with E-state index in [1.165, 1.54) is 48.4 Å². The Morgan fingerprint density at radius 2 is 2.08 bits per heavy atom. The number of carbonyl (C=O) groups is 1. The molecule has 4 rings (SSSR count). The Kier molecular flexibility index (Phi) is 4.94. The smallest absolute Gasteiger partial charge is 0.339 e. The zero-order valence-corrected chi connectivity index (χ0v) is 16.3. The van der Waals surface area contributed by atoms with Crippen molar-refractivity contribution in [2.75, 3.05) is 25.1 Å². The second kappa shape index (κ2) is 7.35. The van der Waals surface area contributed by atoms with Crippen LogP contribution in [0.2, 0.25) is 0 Å². The molecule has 2 aromatic rings. The molecule has 1 fully saturated rings. The van der Waals surface area contributed by atoms with Gasteiger partial charge in [-0.1, -0.05) is 0 Å². The molecule has 0 amide bonds. The monoisotopic (exact) mass is 371 g/mol. The van der Waals surface area contributed by atoms with Crippen LogP contribution in [-0.4, -0.2) is 36.1 Å². The summed E-state index contributed by atoms with van der Waals surface area (Å²) in [5.41, 5.74) is 2.61. The summed E-state index contributed by atoms with van der Waals surface area (Å²) in [5.74, 6) is 1.11. The number of anilines is 1. The quantitative estimate of drug-likeness (QED) is 0.766. The average Bonchev–Trinajstić information content (AvgIpc) is 3.12. The molecule has 138 valence electrons. The maximum Gasteiger partial charge on any atom is 0.339 e. The van der Waals surface area contributed by atoms with Crippen molar-refractivity contribution >= 4 is 23.1 Å². The lowest BCUT2D eigenvalue weighted by Gasteiger charge is -2.33. The summed E-state index contributed by atoms with van der Waals surface area (Å²) in [7, 11) is 1.40. The Hall–Kier alpha value is -1.95. The van der Waals surface area contributed by atoms with Crippen molar-refractivity contribution < 1.29 is 9.53 Å². The van der Waals surface area contributed by atoms with Crippen LogP contribution in [-0.2, 0) is 17.6 Å². The van der Waals surface area contributed by atoms with Crippen molar-refractivity contribution in [1.82, 2.24) is 9.97 Å². The van der Waals surface area contributed by atoms with E-state index in [2.05, 4.69) is 9.88 Å². The van der Waals surface area contributed by atoms with Crippen molar-refractivity contribution in [3.63, 3.8) is 0 Å². The highest BCUT2D eigenvalue weighted by Gasteiger charge is 2.27. The van der Waals surface area contributed by atoms with Gasteiger partial charge in [0.2, 0.25) is 0 Å².